The van der Waals surface area contributed by atoms with Crippen molar-refractivity contribution in [3.8, 4) is 0 Å². The van der Waals surface area contributed by atoms with E-state index >= 15 is 0 Å². The van der Waals surface area contributed by atoms with Crippen molar-refractivity contribution < 1.29 is 4.79 Å². The summed E-state index contributed by atoms with van der Waals surface area (Å²) in [5, 5.41) is 3.74. The fraction of sp³-hybridized carbons (Fsp3) is 0.692. The second-order valence-corrected chi connectivity index (χ2v) is 6.22. The molecule has 1 aliphatic heterocycles. The van der Waals surface area contributed by atoms with E-state index in [0.29, 0.717) is 10.7 Å². The minimum absolute atomic E-state index is 0.107. The topological polar surface area (TPSA) is 71.2 Å². The number of carbonyl (C=O) groups is 1. The van der Waals surface area contributed by atoms with Gasteiger partial charge in [-0.1, -0.05) is 24.2 Å². The van der Waals surface area contributed by atoms with Crippen LogP contribution in [0.4, 0.5) is 10.9 Å². The molecule has 1 aliphatic rings. The van der Waals surface area contributed by atoms with Crippen LogP contribution in [0.1, 0.15) is 49.2 Å². The van der Waals surface area contributed by atoms with Gasteiger partial charge < -0.3 is 16.0 Å². The fourth-order valence-corrected chi connectivity index (χ4v) is 3.15. The van der Waals surface area contributed by atoms with Gasteiger partial charge in [-0.05, 0) is 26.7 Å². The monoisotopic (exact) mass is 282 g/mol. The lowest BCUT2D eigenvalue weighted by molar-refractivity contribution is 0.0948. The maximum atomic E-state index is 12.0. The van der Waals surface area contributed by atoms with E-state index in [9.17, 15) is 4.79 Å². The standard InChI is InChI=1S/C13H22N4OS/c1-9(2)15-12(18)10-11(14)16-13(19-10)17-7-5-3-4-6-8-17/h9H,3-8,14H2,1-2H3,(H,15,18). The Morgan fingerprint density at radius 1 is 1.32 bits per heavy atom. The molecule has 0 aliphatic carbocycles. The normalized spacial score (nSPS) is 16.5. The molecule has 19 heavy (non-hydrogen) atoms. The smallest absolute Gasteiger partial charge is 0.265 e. The molecule has 2 rings (SSSR count). The third-order valence-corrected chi connectivity index (χ3v) is 4.28. The van der Waals surface area contributed by atoms with Gasteiger partial charge in [0.15, 0.2) is 5.13 Å². The number of thiazole rings is 1. The van der Waals surface area contributed by atoms with Crippen molar-refractivity contribution in [3.05, 3.63) is 4.88 Å². The molecule has 0 aromatic carbocycles. The third kappa shape index (κ3) is 3.59. The molecule has 2 heterocycles. The first-order valence-corrected chi connectivity index (χ1v) is 7.71. The van der Waals surface area contributed by atoms with Crippen LogP contribution in [-0.2, 0) is 0 Å². The van der Waals surface area contributed by atoms with Gasteiger partial charge in [-0.25, -0.2) is 4.98 Å². The van der Waals surface area contributed by atoms with E-state index in [1.54, 1.807) is 0 Å². The number of nitrogen functional groups attached to an aromatic ring is 1. The molecule has 0 saturated carbocycles. The van der Waals surface area contributed by atoms with Crippen LogP contribution in [0, 0.1) is 0 Å². The number of hydrogen-bond donors (Lipinski definition) is 2. The molecule has 6 heteroatoms. The highest BCUT2D eigenvalue weighted by Crippen LogP contribution is 2.29. The number of amides is 1. The van der Waals surface area contributed by atoms with Crippen molar-refractivity contribution in [1.82, 2.24) is 10.3 Å². The van der Waals surface area contributed by atoms with E-state index in [0.717, 1.165) is 18.2 Å². The van der Waals surface area contributed by atoms with Crippen LogP contribution in [-0.4, -0.2) is 30.0 Å². The molecule has 0 unspecified atom stereocenters. The van der Waals surface area contributed by atoms with Crippen LogP contribution in [0.15, 0.2) is 0 Å². The molecule has 3 N–H and O–H groups in total. The van der Waals surface area contributed by atoms with Crippen LogP contribution < -0.4 is 16.0 Å². The van der Waals surface area contributed by atoms with Crippen LogP contribution in [0.25, 0.3) is 0 Å². The van der Waals surface area contributed by atoms with Crippen molar-refractivity contribution in [2.45, 2.75) is 45.6 Å². The van der Waals surface area contributed by atoms with Crippen molar-refractivity contribution in [3.63, 3.8) is 0 Å². The Morgan fingerprint density at radius 3 is 2.53 bits per heavy atom. The highest BCUT2D eigenvalue weighted by Gasteiger charge is 2.20. The fourth-order valence-electron chi connectivity index (χ4n) is 2.21. The van der Waals surface area contributed by atoms with E-state index in [-0.39, 0.29) is 11.9 Å². The molecular formula is C13H22N4OS. The zero-order valence-electron chi connectivity index (χ0n) is 11.6. The zero-order valence-corrected chi connectivity index (χ0v) is 12.4. The Bertz CT molecular complexity index is 436. The number of rotatable bonds is 3. The maximum Gasteiger partial charge on any atom is 0.265 e. The third-order valence-electron chi connectivity index (χ3n) is 3.14. The van der Waals surface area contributed by atoms with E-state index in [1.807, 2.05) is 13.8 Å². The Kier molecular flexibility index (Phi) is 4.63. The summed E-state index contributed by atoms with van der Waals surface area (Å²) in [6, 6.07) is 0.107. The molecular weight excluding hydrogens is 260 g/mol. The van der Waals surface area contributed by atoms with Crippen molar-refractivity contribution >= 4 is 28.2 Å². The van der Waals surface area contributed by atoms with Crippen molar-refractivity contribution in [2.75, 3.05) is 23.7 Å². The first-order valence-electron chi connectivity index (χ1n) is 6.90. The summed E-state index contributed by atoms with van der Waals surface area (Å²) in [5.41, 5.74) is 5.88. The summed E-state index contributed by atoms with van der Waals surface area (Å²) in [6.45, 7) is 5.89. The summed E-state index contributed by atoms with van der Waals surface area (Å²) < 4.78 is 0. The van der Waals surface area contributed by atoms with Crippen molar-refractivity contribution in [1.29, 1.82) is 0 Å². The Morgan fingerprint density at radius 2 is 1.95 bits per heavy atom. The summed E-state index contributed by atoms with van der Waals surface area (Å²) in [7, 11) is 0. The van der Waals surface area contributed by atoms with Gasteiger partial charge in [-0.3, -0.25) is 4.79 Å². The lowest BCUT2D eigenvalue weighted by Crippen LogP contribution is -2.29. The van der Waals surface area contributed by atoms with Gasteiger partial charge in [0.05, 0.1) is 0 Å². The number of aromatic nitrogens is 1. The van der Waals surface area contributed by atoms with Gasteiger partial charge in [-0.2, -0.15) is 0 Å². The first kappa shape index (κ1) is 14.1. The number of nitrogens with two attached hydrogens (primary N) is 1. The quantitative estimate of drug-likeness (QED) is 0.892. The van der Waals surface area contributed by atoms with Gasteiger partial charge in [0.25, 0.3) is 5.91 Å². The minimum Gasteiger partial charge on any atom is -0.382 e. The van der Waals surface area contributed by atoms with Crippen LogP contribution >= 0.6 is 11.3 Å². The van der Waals surface area contributed by atoms with Crippen molar-refractivity contribution in [2.24, 2.45) is 0 Å². The largest absolute Gasteiger partial charge is 0.382 e. The number of carbonyl (C=O) groups excluding carboxylic acids is 1. The molecule has 106 valence electrons. The average molecular weight is 282 g/mol. The van der Waals surface area contributed by atoms with E-state index in [4.69, 9.17) is 5.73 Å². The molecule has 0 spiro atoms. The number of anilines is 2. The van der Waals surface area contributed by atoms with Crippen LogP contribution in [0.5, 0.6) is 0 Å². The van der Waals surface area contributed by atoms with E-state index in [1.165, 1.54) is 37.0 Å². The molecule has 0 atom stereocenters. The predicted octanol–water partition coefficient (Wildman–Crippen LogP) is 2.24. The second kappa shape index (κ2) is 6.23. The highest BCUT2D eigenvalue weighted by molar-refractivity contribution is 7.18. The number of nitrogens with zero attached hydrogens (tertiary/aromatic N) is 2. The first-order chi connectivity index (χ1) is 9.08. The highest BCUT2D eigenvalue weighted by atomic mass is 32.1. The molecule has 1 amide bonds. The second-order valence-electron chi connectivity index (χ2n) is 5.24. The summed E-state index contributed by atoms with van der Waals surface area (Å²) in [6.07, 6.45) is 4.93. The van der Waals surface area contributed by atoms with Crippen LogP contribution in [0.2, 0.25) is 0 Å². The van der Waals surface area contributed by atoms with E-state index < -0.39 is 0 Å². The maximum absolute atomic E-state index is 12.0. The molecule has 1 saturated heterocycles. The Labute approximate surface area is 118 Å². The van der Waals surface area contributed by atoms with Gasteiger partial charge in [0, 0.05) is 19.1 Å². The molecule has 1 fully saturated rings. The predicted molar refractivity (Wildman–Crippen MR) is 79.8 cm³/mol. The summed E-state index contributed by atoms with van der Waals surface area (Å²) >= 11 is 1.40. The number of hydrogen-bond acceptors (Lipinski definition) is 5. The van der Waals surface area contributed by atoms with E-state index in [2.05, 4.69) is 15.2 Å². The van der Waals surface area contributed by atoms with Gasteiger partial charge in [-0.15, -0.1) is 0 Å². The zero-order chi connectivity index (χ0) is 13.8. The molecule has 1 aromatic rings. The Balaban J connectivity index is 2.13. The average Bonchev–Trinajstić information content (AvgIpc) is 2.58. The van der Waals surface area contributed by atoms with Gasteiger partial charge in [0.2, 0.25) is 0 Å². The molecule has 0 radical (unpaired) electrons. The number of nitrogens with one attached hydrogen (secondary N) is 1. The van der Waals surface area contributed by atoms with Gasteiger partial charge in [0.1, 0.15) is 10.7 Å². The van der Waals surface area contributed by atoms with Crippen LogP contribution in [0.3, 0.4) is 0 Å². The lowest BCUT2D eigenvalue weighted by atomic mass is 10.2. The molecule has 5 nitrogen and oxygen atoms in total. The molecule has 1 aromatic heterocycles. The minimum atomic E-state index is -0.119. The van der Waals surface area contributed by atoms with Gasteiger partial charge >= 0.3 is 0 Å². The lowest BCUT2D eigenvalue weighted by Gasteiger charge is -2.18. The summed E-state index contributed by atoms with van der Waals surface area (Å²) in [5.74, 6) is 0.230. The SMILES string of the molecule is CC(C)NC(=O)c1sc(N2CCCCCC2)nc1N. The summed E-state index contributed by atoms with van der Waals surface area (Å²) in [4.78, 5) is 19.2. The molecule has 0 bridgehead atoms. The Hall–Kier alpha value is -1.30.